The summed E-state index contributed by atoms with van der Waals surface area (Å²) < 4.78 is 15.5. The number of furan rings is 2. The molecule has 0 aliphatic heterocycles. The maximum Gasteiger partial charge on any atom is 0.164 e. The van der Waals surface area contributed by atoms with Crippen molar-refractivity contribution >= 4 is 75.4 Å². The maximum atomic E-state index is 6.68. The molecule has 0 saturated carbocycles. The van der Waals surface area contributed by atoms with Gasteiger partial charge in [-0.3, -0.25) is 0 Å². The molecule has 10 aromatic carbocycles. The zero-order valence-electron chi connectivity index (χ0n) is 37.3. The van der Waals surface area contributed by atoms with Crippen molar-refractivity contribution < 1.29 is 8.83 Å². The molecule has 0 saturated heterocycles. The molecule has 4 heterocycles. The SMILES string of the molecule is c1ccc2c(c1)-c1ccccc1C21c2ccccc2-c2cc(-c3ccc4oc5cccc(-c6nc(-c7ccc8c(c7)oc7ccccc78)nc(-c7cccc8sc9ccccc9c78)n6)c5c4c3)ccc21. The Bertz CT molecular complexity index is 4530. The fourth-order valence-electron chi connectivity index (χ4n) is 12.0. The first-order chi connectivity index (χ1) is 34.7. The van der Waals surface area contributed by atoms with Crippen LogP contribution in [-0.4, -0.2) is 15.0 Å². The number of nitrogens with zero attached hydrogens (tertiary/aromatic N) is 3. The number of hydrogen-bond donors (Lipinski definition) is 0. The van der Waals surface area contributed by atoms with Crippen LogP contribution in [-0.2, 0) is 5.41 Å². The third-order valence-corrected chi connectivity index (χ3v) is 16.1. The Balaban J connectivity index is 0.892. The second-order valence-corrected chi connectivity index (χ2v) is 19.6. The van der Waals surface area contributed by atoms with Gasteiger partial charge in [0.25, 0.3) is 0 Å². The van der Waals surface area contributed by atoms with Crippen molar-refractivity contribution in [2.75, 3.05) is 0 Å². The summed E-state index contributed by atoms with van der Waals surface area (Å²) in [4.78, 5) is 16.0. The van der Waals surface area contributed by atoms with Crippen molar-refractivity contribution in [1.82, 2.24) is 15.0 Å². The molecule has 6 heteroatoms. The number of rotatable bonds is 4. The molecule has 5 nitrogen and oxygen atoms in total. The fourth-order valence-corrected chi connectivity index (χ4v) is 13.2. The monoisotopic (exact) mass is 909 g/mol. The van der Waals surface area contributed by atoms with Crippen LogP contribution in [0.15, 0.2) is 221 Å². The lowest BCUT2D eigenvalue weighted by atomic mass is 9.70. The third-order valence-electron chi connectivity index (χ3n) is 15.0. The van der Waals surface area contributed by atoms with Crippen LogP contribution < -0.4 is 0 Å². The molecule has 2 aliphatic rings. The van der Waals surface area contributed by atoms with Crippen molar-refractivity contribution in [3.8, 4) is 67.5 Å². The Morgan fingerprint density at radius 1 is 0.300 bits per heavy atom. The Labute approximate surface area is 404 Å². The Hall–Kier alpha value is -8.97. The molecule has 0 radical (unpaired) electrons. The van der Waals surface area contributed by atoms with Gasteiger partial charge in [-0.05, 0) is 110 Å². The molecule has 0 atom stereocenters. The Morgan fingerprint density at radius 3 is 1.60 bits per heavy atom. The van der Waals surface area contributed by atoms with E-state index in [1.165, 1.54) is 59.3 Å². The van der Waals surface area contributed by atoms with E-state index in [1.54, 1.807) is 11.3 Å². The number of benzene rings is 10. The van der Waals surface area contributed by atoms with Gasteiger partial charge in [-0.25, -0.2) is 15.0 Å². The van der Waals surface area contributed by atoms with Gasteiger partial charge < -0.3 is 8.83 Å². The lowest BCUT2D eigenvalue weighted by molar-refractivity contribution is 0.668. The van der Waals surface area contributed by atoms with E-state index in [0.29, 0.717) is 17.5 Å². The molecule has 0 amide bonds. The topological polar surface area (TPSA) is 65.0 Å². The van der Waals surface area contributed by atoms with Gasteiger partial charge in [0.2, 0.25) is 0 Å². The number of para-hydroxylation sites is 1. The highest BCUT2D eigenvalue weighted by atomic mass is 32.1. The van der Waals surface area contributed by atoms with Crippen LogP contribution in [0.1, 0.15) is 22.3 Å². The number of fused-ring (bicyclic) bond motifs is 19. The van der Waals surface area contributed by atoms with Crippen LogP contribution in [0, 0.1) is 0 Å². The lowest BCUT2D eigenvalue weighted by Gasteiger charge is -2.30. The van der Waals surface area contributed by atoms with Crippen LogP contribution in [0.4, 0.5) is 0 Å². The van der Waals surface area contributed by atoms with Crippen LogP contribution in [0.5, 0.6) is 0 Å². The minimum absolute atomic E-state index is 0.390. The molecule has 1 spiro atoms. The summed E-state index contributed by atoms with van der Waals surface area (Å²) >= 11 is 1.79. The molecular formula is C64H35N3O2S. The normalized spacial score (nSPS) is 13.3. The van der Waals surface area contributed by atoms with Crippen LogP contribution in [0.2, 0.25) is 0 Å². The first-order valence-electron chi connectivity index (χ1n) is 23.7. The average molecular weight is 910 g/mol. The predicted molar refractivity (Wildman–Crippen MR) is 285 cm³/mol. The number of aromatic nitrogens is 3. The Morgan fingerprint density at radius 2 is 0.814 bits per heavy atom. The smallest absolute Gasteiger partial charge is 0.164 e. The highest BCUT2D eigenvalue weighted by Crippen LogP contribution is 2.63. The largest absolute Gasteiger partial charge is 0.456 e. The molecule has 4 aromatic heterocycles. The van der Waals surface area contributed by atoms with Crippen molar-refractivity contribution in [2.24, 2.45) is 0 Å². The molecule has 2 aliphatic carbocycles. The zero-order valence-corrected chi connectivity index (χ0v) is 38.1. The number of hydrogen-bond acceptors (Lipinski definition) is 6. The average Bonchev–Trinajstić information content (AvgIpc) is 4.23. The summed E-state index contributed by atoms with van der Waals surface area (Å²) in [5, 5.41) is 6.41. The summed E-state index contributed by atoms with van der Waals surface area (Å²) in [5.74, 6) is 1.73. The summed E-state index contributed by atoms with van der Waals surface area (Å²) in [6.45, 7) is 0. The first-order valence-corrected chi connectivity index (χ1v) is 24.5. The second kappa shape index (κ2) is 14.0. The van der Waals surface area contributed by atoms with Gasteiger partial charge >= 0.3 is 0 Å². The van der Waals surface area contributed by atoms with Crippen molar-refractivity contribution in [2.45, 2.75) is 5.41 Å². The second-order valence-electron chi connectivity index (χ2n) is 18.5. The van der Waals surface area contributed by atoms with E-state index in [9.17, 15) is 0 Å². The summed E-state index contributed by atoms with van der Waals surface area (Å²) in [5.41, 5.74) is 18.2. The minimum atomic E-state index is -0.390. The minimum Gasteiger partial charge on any atom is -0.456 e. The maximum absolute atomic E-state index is 6.68. The lowest BCUT2D eigenvalue weighted by Crippen LogP contribution is -2.25. The van der Waals surface area contributed by atoms with Crippen molar-refractivity contribution in [3.05, 3.63) is 235 Å². The van der Waals surface area contributed by atoms with E-state index in [-0.39, 0.29) is 5.41 Å². The van der Waals surface area contributed by atoms with Gasteiger partial charge in [0.1, 0.15) is 22.3 Å². The highest BCUT2D eigenvalue weighted by Gasteiger charge is 2.51. The van der Waals surface area contributed by atoms with Gasteiger partial charge in [0, 0.05) is 58.4 Å². The highest BCUT2D eigenvalue weighted by molar-refractivity contribution is 7.25. The third kappa shape index (κ3) is 5.12. The van der Waals surface area contributed by atoms with Gasteiger partial charge in [0.05, 0.1) is 5.41 Å². The van der Waals surface area contributed by atoms with Crippen LogP contribution in [0.3, 0.4) is 0 Å². The zero-order chi connectivity index (χ0) is 45.7. The van der Waals surface area contributed by atoms with Gasteiger partial charge in [0.15, 0.2) is 17.5 Å². The van der Waals surface area contributed by atoms with Gasteiger partial charge in [-0.15, -0.1) is 11.3 Å². The molecule has 0 fully saturated rings. The summed E-state index contributed by atoms with van der Waals surface area (Å²) in [6.07, 6.45) is 0. The predicted octanol–water partition coefficient (Wildman–Crippen LogP) is 17.0. The van der Waals surface area contributed by atoms with E-state index < -0.39 is 0 Å². The molecule has 16 rings (SSSR count). The molecule has 0 unspecified atom stereocenters. The van der Waals surface area contributed by atoms with E-state index in [4.69, 9.17) is 23.8 Å². The first kappa shape index (κ1) is 38.0. The fraction of sp³-hybridized carbons (Fsp3) is 0.0156. The summed E-state index contributed by atoms with van der Waals surface area (Å²) in [7, 11) is 0. The molecule has 0 bridgehead atoms. The molecule has 14 aromatic rings. The van der Waals surface area contributed by atoms with E-state index in [1.807, 2.05) is 30.3 Å². The Kier molecular flexibility index (Phi) is 7.63. The van der Waals surface area contributed by atoms with Crippen molar-refractivity contribution in [3.63, 3.8) is 0 Å². The molecular weight excluding hydrogens is 875 g/mol. The van der Waals surface area contributed by atoms with E-state index in [2.05, 4.69) is 182 Å². The molecule has 324 valence electrons. The van der Waals surface area contributed by atoms with E-state index in [0.717, 1.165) is 77.1 Å². The van der Waals surface area contributed by atoms with Gasteiger partial charge in [-0.2, -0.15) is 0 Å². The molecule has 0 N–H and O–H groups in total. The van der Waals surface area contributed by atoms with E-state index >= 15 is 0 Å². The summed E-state index contributed by atoms with van der Waals surface area (Å²) in [6, 6.07) is 76.1. The van der Waals surface area contributed by atoms with Gasteiger partial charge in [-0.1, -0.05) is 158 Å². The van der Waals surface area contributed by atoms with Crippen LogP contribution in [0.25, 0.3) is 132 Å². The quantitative estimate of drug-likeness (QED) is 0.176. The number of thiophene rings is 1. The molecule has 70 heavy (non-hydrogen) atoms. The van der Waals surface area contributed by atoms with Crippen LogP contribution >= 0.6 is 11.3 Å². The standard InChI is InChI=1S/C64H35N3O2S/c1-6-20-49-39(13-1)40-14-2-7-21-50(40)64(49)51-22-8-3-15-41(51)47-33-36(28-31-52(47)64)37-29-32-54-48(34-37)59-45(18-11-24-55(59)68-54)62-65-61(38-27-30-43-42-16-4-9-23-53(42)69-56(43)35-38)66-63(67-62)46-19-12-26-58-60(46)44-17-5-10-25-57(44)70-58/h1-35H. The van der Waals surface area contributed by atoms with Crippen molar-refractivity contribution in [1.29, 1.82) is 0 Å².